The predicted octanol–water partition coefficient (Wildman–Crippen LogP) is 2.17. The minimum absolute atomic E-state index is 0. The molecule has 6 heteroatoms. The van der Waals surface area contributed by atoms with Gasteiger partial charge < -0.3 is 16.0 Å². The lowest BCUT2D eigenvalue weighted by Gasteiger charge is -2.25. The highest BCUT2D eigenvalue weighted by Crippen LogP contribution is 2.26. The zero-order valence-electron chi connectivity index (χ0n) is 13.4. The van der Waals surface area contributed by atoms with Crippen LogP contribution in [-0.2, 0) is 16.0 Å². The highest BCUT2D eigenvalue weighted by atomic mass is 35.5. The molecular formula is C17H24ClN3O2. The van der Waals surface area contributed by atoms with Crippen molar-refractivity contribution in [1.29, 1.82) is 0 Å². The van der Waals surface area contributed by atoms with Gasteiger partial charge in [0.05, 0.1) is 6.04 Å². The second-order valence-electron chi connectivity index (χ2n) is 6.22. The number of carbonyl (C=O) groups excluding carboxylic acids is 2. The van der Waals surface area contributed by atoms with Crippen LogP contribution in [0.1, 0.15) is 43.4 Å². The van der Waals surface area contributed by atoms with Crippen LogP contribution in [0.5, 0.6) is 0 Å². The lowest BCUT2D eigenvalue weighted by atomic mass is 9.95. The number of rotatable bonds is 3. The first-order chi connectivity index (χ1) is 10.6. The van der Waals surface area contributed by atoms with Crippen molar-refractivity contribution in [3.05, 3.63) is 29.3 Å². The first-order valence-corrected chi connectivity index (χ1v) is 8.07. The zero-order valence-corrected chi connectivity index (χ0v) is 14.2. The van der Waals surface area contributed by atoms with Gasteiger partial charge in [0, 0.05) is 18.0 Å². The molecule has 1 fully saturated rings. The first kappa shape index (κ1) is 17.8. The minimum atomic E-state index is -0.00897. The summed E-state index contributed by atoms with van der Waals surface area (Å²) in [6.45, 7) is 3.86. The molecule has 3 N–H and O–H groups in total. The van der Waals surface area contributed by atoms with Crippen molar-refractivity contribution >= 4 is 29.9 Å². The Morgan fingerprint density at radius 3 is 2.74 bits per heavy atom. The maximum Gasteiger partial charge on any atom is 0.224 e. The normalized spacial score (nSPS) is 19.1. The van der Waals surface area contributed by atoms with Crippen molar-refractivity contribution < 1.29 is 9.59 Å². The number of piperidine rings is 1. The highest BCUT2D eigenvalue weighted by molar-refractivity contribution is 5.93. The van der Waals surface area contributed by atoms with Crippen LogP contribution in [0.4, 0.5) is 5.69 Å². The molecule has 0 radical (unpaired) electrons. The van der Waals surface area contributed by atoms with Crippen LogP contribution in [0, 0.1) is 5.92 Å². The Kier molecular flexibility index (Phi) is 6.02. The van der Waals surface area contributed by atoms with Crippen molar-refractivity contribution in [1.82, 2.24) is 10.6 Å². The van der Waals surface area contributed by atoms with E-state index in [0.717, 1.165) is 49.2 Å². The third-order valence-corrected chi connectivity index (χ3v) is 4.59. The number of amides is 2. The minimum Gasteiger partial charge on any atom is -0.349 e. The van der Waals surface area contributed by atoms with Crippen LogP contribution in [0.3, 0.4) is 0 Å². The van der Waals surface area contributed by atoms with Crippen LogP contribution in [-0.4, -0.2) is 24.9 Å². The molecule has 1 aromatic rings. The van der Waals surface area contributed by atoms with E-state index in [4.69, 9.17) is 0 Å². The first-order valence-electron chi connectivity index (χ1n) is 8.07. The van der Waals surface area contributed by atoms with Crippen molar-refractivity contribution in [3.63, 3.8) is 0 Å². The summed E-state index contributed by atoms with van der Waals surface area (Å²) in [5.74, 6) is 0.355. The standard InChI is InChI=1S/C17H23N3O2.ClH/c1-11(19-17(22)12-6-8-18-9-7-12)13-2-4-15-14(10-13)3-5-16(21)20-15;/h2,4,10-12,18H,3,5-9H2,1H3,(H,19,22)(H,20,21);1H. The molecule has 0 bridgehead atoms. The van der Waals surface area contributed by atoms with Crippen LogP contribution >= 0.6 is 12.4 Å². The number of halogens is 1. The SMILES string of the molecule is CC(NC(=O)C1CCNCC1)c1ccc2c(c1)CCC(=O)N2.Cl. The summed E-state index contributed by atoms with van der Waals surface area (Å²) in [6.07, 6.45) is 3.12. The quantitative estimate of drug-likeness (QED) is 0.791. The predicted molar refractivity (Wildman–Crippen MR) is 92.8 cm³/mol. The Labute approximate surface area is 143 Å². The highest BCUT2D eigenvalue weighted by Gasteiger charge is 2.23. The second kappa shape index (κ2) is 7.79. The molecule has 1 atom stereocenters. The summed E-state index contributed by atoms with van der Waals surface area (Å²) in [5.41, 5.74) is 3.15. The summed E-state index contributed by atoms with van der Waals surface area (Å²) < 4.78 is 0. The van der Waals surface area contributed by atoms with E-state index in [0.29, 0.717) is 6.42 Å². The maximum absolute atomic E-state index is 12.3. The molecule has 2 aliphatic heterocycles. The van der Waals surface area contributed by atoms with E-state index >= 15 is 0 Å². The van der Waals surface area contributed by atoms with Gasteiger partial charge in [-0.05, 0) is 56.5 Å². The molecule has 1 unspecified atom stereocenters. The van der Waals surface area contributed by atoms with E-state index in [-0.39, 0.29) is 36.2 Å². The number of carbonyl (C=O) groups is 2. The summed E-state index contributed by atoms with van der Waals surface area (Å²) in [5, 5.41) is 9.29. The fourth-order valence-electron chi connectivity index (χ4n) is 3.17. The largest absolute Gasteiger partial charge is 0.349 e. The molecule has 0 aliphatic carbocycles. The molecule has 0 spiro atoms. The number of hydrogen-bond donors (Lipinski definition) is 3. The Hall–Kier alpha value is -1.59. The number of fused-ring (bicyclic) bond motifs is 1. The van der Waals surface area contributed by atoms with E-state index in [1.165, 1.54) is 0 Å². The van der Waals surface area contributed by atoms with Gasteiger partial charge in [-0.15, -0.1) is 12.4 Å². The lowest BCUT2D eigenvalue weighted by molar-refractivity contribution is -0.126. The third kappa shape index (κ3) is 4.24. The van der Waals surface area contributed by atoms with E-state index in [1.54, 1.807) is 0 Å². The van der Waals surface area contributed by atoms with Gasteiger partial charge in [0.1, 0.15) is 0 Å². The number of anilines is 1. The zero-order chi connectivity index (χ0) is 15.5. The number of aryl methyl sites for hydroxylation is 1. The van der Waals surface area contributed by atoms with E-state index in [1.807, 2.05) is 19.1 Å². The van der Waals surface area contributed by atoms with Gasteiger partial charge in [-0.3, -0.25) is 9.59 Å². The molecule has 1 aromatic carbocycles. The van der Waals surface area contributed by atoms with Crippen LogP contribution in [0.25, 0.3) is 0 Å². The number of nitrogens with one attached hydrogen (secondary N) is 3. The molecule has 2 amide bonds. The van der Waals surface area contributed by atoms with Crippen LogP contribution in [0.2, 0.25) is 0 Å². The van der Waals surface area contributed by atoms with Gasteiger partial charge in [0.15, 0.2) is 0 Å². The molecule has 126 valence electrons. The lowest BCUT2D eigenvalue weighted by Crippen LogP contribution is -2.39. The average Bonchev–Trinajstić information content (AvgIpc) is 2.55. The molecule has 3 rings (SSSR count). The third-order valence-electron chi connectivity index (χ3n) is 4.59. The van der Waals surface area contributed by atoms with Gasteiger partial charge in [-0.1, -0.05) is 12.1 Å². The Bertz CT molecular complexity index is 585. The molecular weight excluding hydrogens is 314 g/mol. The van der Waals surface area contributed by atoms with Crippen molar-refractivity contribution in [3.8, 4) is 0 Å². The average molecular weight is 338 g/mol. The second-order valence-corrected chi connectivity index (χ2v) is 6.22. The molecule has 0 saturated carbocycles. The van der Waals surface area contributed by atoms with E-state index in [2.05, 4.69) is 22.0 Å². The van der Waals surface area contributed by atoms with Gasteiger partial charge in [0.25, 0.3) is 0 Å². The van der Waals surface area contributed by atoms with Crippen molar-refractivity contribution in [2.24, 2.45) is 5.92 Å². The topological polar surface area (TPSA) is 70.2 Å². The van der Waals surface area contributed by atoms with Crippen LogP contribution in [0.15, 0.2) is 18.2 Å². The fourth-order valence-corrected chi connectivity index (χ4v) is 3.17. The smallest absolute Gasteiger partial charge is 0.224 e. The summed E-state index contributed by atoms with van der Waals surface area (Å²) in [7, 11) is 0. The Morgan fingerprint density at radius 2 is 2.00 bits per heavy atom. The van der Waals surface area contributed by atoms with Crippen LogP contribution < -0.4 is 16.0 Å². The van der Waals surface area contributed by atoms with Gasteiger partial charge in [-0.25, -0.2) is 0 Å². The van der Waals surface area contributed by atoms with Gasteiger partial charge in [0.2, 0.25) is 11.8 Å². The van der Waals surface area contributed by atoms with E-state index < -0.39 is 0 Å². The maximum atomic E-state index is 12.3. The fraction of sp³-hybridized carbons (Fsp3) is 0.529. The molecule has 5 nitrogen and oxygen atoms in total. The molecule has 2 aliphatic rings. The summed E-state index contributed by atoms with van der Waals surface area (Å²) >= 11 is 0. The number of hydrogen-bond acceptors (Lipinski definition) is 3. The van der Waals surface area contributed by atoms with Gasteiger partial charge >= 0.3 is 0 Å². The van der Waals surface area contributed by atoms with Crippen molar-refractivity contribution in [2.75, 3.05) is 18.4 Å². The van der Waals surface area contributed by atoms with Crippen molar-refractivity contribution in [2.45, 2.75) is 38.6 Å². The number of benzene rings is 1. The molecule has 0 aromatic heterocycles. The summed E-state index contributed by atoms with van der Waals surface area (Å²) in [4.78, 5) is 23.7. The Morgan fingerprint density at radius 1 is 1.26 bits per heavy atom. The monoisotopic (exact) mass is 337 g/mol. The molecule has 23 heavy (non-hydrogen) atoms. The molecule has 2 heterocycles. The molecule has 1 saturated heterocycles. The summed E-state index contributed by atoms with van der Waals surface area (Å²) in [6, 6.07) is 6.01. The van der Waals surface area contributed by atoms with E-state index in [9.17, 15) is 9.59 Å². The Balaban J connectivity index is 0.00000192. The van der Waals surface area contributed by atoms with Gasteiger partial charge in [-0.2, -0.15) is 0 Å².